The molecule has 2 N–H and O–H groups in total. The molecule has 0 spiro atoms. The monoisotopic (exact) mass is 161 g/mol. The molecule has 0 saturated heterocycles. The van der Waals surface area contributed by atoms with Crippen LogP contribution in [0.4, 0.5) is 0 Å². The van der Waals surface area contributed by atoms with Crippen LogP contribution >= 0.6 is 0 Å². The molecule has 0 aromatic heterocycles. The summed E-state index contributed by atoms with van der Waals surface area (Å²) in [6.07, 6.45) is 1.19. The van der Waals surface area contributed by atoms with Crippen molar-refractivity contribution in [3.8, 4) is 0 Å². The lowest BCUT2D eigenvalue weighted by atomic mass is 10.0. The molecule has 0 aliphatic heterocycles. The van der Waals surface area contributed by atoms with Crippen LogP contribution in [0.15, 0.2) is 0 Å². The smallest absolute Gasteiger partial charge is 0.275 e. The summed E-state index contributed by atoms with van der Waals surface area (Å²) in [6, 6.07) is 0. The fourth-order valence-electron chi connectivity index (χ4n) is 0.803. The number of amides is 1. The zero-order valence-electron chi connectivity index (χ0n) is 7.18. The standard InChI is InChI=1S/C7H15NO3/c1-4-5-7(2,10)6(9)8-11-3/h10H,4-5H2,1-3H3,(H,8,9). The molecule has 1 unspecified atom stereocenters. The Hall–Kier alpha value is -0.610. The van der Waals surface area contributed by atoms with E-state index in [0.717, 1.165) is 6.42 Å². The third-order valence-corrected chi connectivity index (χ3v) is 1.42. The highest BCUT2D eigenvalue weighted by molar-refractivity contribution is 5.83. The van der Waals surface area contributed by atoms with Crippen LogP contribution in [0, 0.1) is 0 Å². The van der Waals surface area contributed by atoms with Crippen LogP contribution in [0.3, 0.4) is 0 Å². The van der Waals surface area contributed by atoms with Crippen LogP contribution in [0.25, 0.3) is 0 Å². The average molecular weight is 161 g/mol. The van der Waals surface area contributed by atoms with Gasteiger partial charge in [0.25, 0.3) is 5.91 Å². The van der Waals surface area contributed by atoms with Gasteiger partial charge in [-0.25, -0.2) is 5.48 Å². The van der Waals surface area contributed by atoms with Gasteiger partial charge >= 0.3 is 0 Å². The Bertz CT molecular complexity index is 134. The predicted octanol–water partition coefficient (Wildman–Crippen LogP) is 0.215. The van der Waals surface area contributed by atoms with Gasteiger partial charge in [0.2, 0.25) is 0 Å². The molecule has 4 heteroatoms. The highest BCUT2D eigenvalue weighted by atomic mass is 16.6. The molecule has 0 saturated carbocycles. The summed E-state index contributed by atoms with van der Waals surface area (Å²) in [5.74, 6) is -0.498. The SMILES string of the molecule is CCCC(C)(O)C(=O)NOC. The van der Waals surface area contributed by atoms with Crippen molar-refractivity contribution in [3.63, 3.8) is 0 Å². The lowest BCUT2D eigenvalue weighted by Gasteiger charge is -2.20. The quantitative estimate of drug-likeness (QED) is 0.580. The maximum atomic E-state index is 11.0. The number of hydroxylamine groups is 1. The molecule has 0 fully saturated rings. The molecule has 0 aromatic rings. The van der Waals surface area contributed by atoms with Gasteiger partial charge in [0.1, 0.15) is 5.60 Å². The van der Waals surface area contributed by atoms with Crippen LogP contribution in [0.2, 0.25) is 0 Å². The Balaban J connectivity index is 3.94. The van der Waals surface area contributed by atoms with E-state index >= 15 is 0 Å². The van der Waals surface area contributed by atoms with Gasteiger partial charge in [-0.05, 0) is 13.3 Å². The number of carbonyl (C=O) groups excluding carboxylic acids is 1. The van der Waals surface area contributed by atoms with Crippen LogP contribution < -0.4 is 5.48 Å². The van der Waals surface area contributed by atoms with E-state index < -0.39 is 11.5 Å². The fourth-order valence-corrected chi connectivity index (χ4v) is 0.803. The maximum Gasteiger partial charge on any atom is 0.275 e. The summed E-state index contributed by atoms with van der Waals surface area (Å²) in [5.41, 5.74) is 0.767. The van der Waals surface area contributed by atoms with Crippen LogP contribution in [0.1, 0.15) is 26.7 Å². The number of nitrogens with one attached hydrogen (secondary N) is 1. The number of aliphatic hydroxyl groups is 1. The molecule has 11 heavy (non-hydrogen) atoms. The van der Waals surface area contributed by atoms with E-state index in [1.165, 1.54) is 14.0 Å². The molecule has 0 heterocycles. The Morgan fingerprint density at radius 3 is 2.64 bits per heavy atom. The summed E-state index contributed by atoms with van der Waals surface area (Å²) in [7, 11) is 1.33. The van der Waals surface area contributed by atoms with Gasteiger partial charge in [-0.3, -0.25) is 9.63 Å². The van der Waals surface area contributed by atoms with Gasteiger partial charge in [-0.2, -0.15) is 0 Å². The first kappa shape index (κ1) is 10.4. The van der Waals surface area contributed by atoms with E-state index in [0.29, 0.717) is 6.42 Å². The lowest BCUT2D eigenvalue weighted by Crippen LogP contribution is -2.43. The van der Waals surface area contributed by atoms with Crippen molar-refractivity contribution in [1.29, 1.82) is 0 Å². The zero-order valence-corrected chi connectivity index (χ0v) is 7.18. The van der Waals surface area contributed by atoms with Crippen LogP contribution in [-0.2, 0) is 9.63 Å². The normalized spacial score (nSPS) is 15.6. The number of carbonyl (C=O) groups is 1. The molecule has 0 rings (SSSR count). The van der Waals surface area contributed by atoms with E-state index in [9.17, 15) is 9.90 Å². The molecule has 0 aliphatic carbocycles. The first-order valence-electron chi connectivity index (χ1n) is 3.60. The van der Waals surface area contributed by atoms with E-state index in [4.69, 9.17) is 0 Å². The number of hydrogen-bond donors (Lipinski definition) is 2. The Kier molecular flexibility index (Phi) is 4.07. The lowest BCUT2D eigenvalue weighted by molar-refractivity contribution is -0.149. The van der Waals surface area contributed by atoms with Gasteiger partial charge in [0.15, 0.2) is 0 Å². The van der Waals surface area contributed by atoms with Crippen molar-refractivity contribution in [2.24, 2.45) is 0 Å². The molecule has 0 aliphatic rings. The second-order valence-electron chi connectivity index (χ2n) is 2.66. The van der Waals surface area contributed by atoms with E-state index in [1.54, 1.807) is 0 Å². The van der Waals surface area contributed by atoms with Crippen molar-refractivity contribution >= 4 is 5.91 Å². The molecular weight excluding hydrogens is 146 g/mol. The first-order chi connectivity index (χ1) is 5.04. The van der Waals surface area contributed by atoms with Gasteiger partial charge in [-0.1, -0.05) is 13.3 Å². The van der Waals surface area contributed by atoms with Crippen LogP contribution in [0.5, 0.6) is 0 Å². The highest BCUT2D eigenvalue weighted by Crippen LogP contribution is 2.11. The third kappa shape index (κ3) is 3.34. The summed E-state index contributed by atoms with van der Waals surface area (Å²) in [6.45, 7) is 3.36. The van der Waals surface area contributed by atoms with E-state index in [-0.39, 0.29) is 0 Å². The van der Waals surface area contributed by atoms with E-state index in [2.05, 4.69) is 10.3 Å². The van der Waals surface area contributed by atoms with E-state index in [1.807, 2.05) is 6.92 Å². The summed E-state index contributed by atoms with van der Waals surface area (Å²) < 4.78 is 0. The maximum absolute atomic E-state index is 11.0. The second-order valence-corrected chi connectivity index (χ2v) is 2.66. The molecule has 0 bridgehead atoms. The fraction of sp³-hybridized carbons (Fsp3) is 0.857. The molecule has 1 amide bonds. The van der Waals surface area contributed by atoms with Crippen molar-refractivity contribution in [2.75, 3.05) is 7.11 Å². The molecule has 4 nitrogen and oxygen atoms in total. The minimum Gasteiger partial charge on any atom is -0.380 e. The van der Waals surface area contributed by atoms with Crippen molar-refractivity contribution in [1.82, 2.24) is 5.48 Å². The average Bonchev–Trinajstić information content (AvgIpc) is 1.88. The summed E-state index contributed by atoms with van der Waals surface area (Å²) >= 11 is 0. The van der Waals surface area contributed by atoms with Crippen molar-refractivity contribution in [2.45, 2.75) is 32.3 Å². The first-order valence-corrected chi connectivity index (χ1v) is 3.60. The topological polar surface area (TPSA) is 58.6 Å². The minimum atomic E-state index is -1.31. The van der Waals surface area contributed by atoms with Gasteiger partial charge < -0.3 is 5.11 Å². The van der Waals surface area contributed by atoms with Gasteiger partial charge in [-0.15, -0.1) is 0 Å². The molecular formula is C7H15NO3. The van der Waals surface area contributed by atoms with Gasteiger partial charge in [0, 0.05) is 0 Å². The Morgan fingerprint density at radius 1 is 1.73 bits per heavy atom. The zero-order chi connectivity index (χ0) is 8.91. The van der Waals surface area contributed by atoms with Gasteiger partial charge in [0.05, 0.1) is 7.11 Å². The molecule has 0 aromatic carbocycles. The number of rotatable bonds is 4. The minimum absolute atomic E-state index is 0.433. The number of hydrogen-bond acceptors (Lipinski definition) is 3. The predicted molar refractivity (Wildman–Crippen MR) is 40.7 cm³/mol. The third-order valence-electron chi connectivity index (χ3n) is 1.42. The Morgan fingerprint density at radius 2 is 2.27 bits per heavy atom. The summed E-state index contributed by atoms with van der Waals surface area (Å²) in [5, 5.41) is 9.42. The summed E-state index contributed by atoms with van der Waals surface area (Å²) in [4.78, 5) is 15.3. The van der Waals surface area contributed by atoms with Crippen molar-refractivity contribution in [3.05, 3.63) is 0 Å². The molecule has 1 atom stereocenters. The Labute approximate surface area is 66.5 Å². The molecule has 66 valence electrons. The largest absolute Gasteiger partial charge is 0.380 e. The van der Waals surface area contributed by atoms with Crippen LogP contribution in [-0.4, -0.2) is 23.7 Å². The molecule has 0 radical (unpaired) electrons. The highest BCUT2D eigenvalue weighted by Gasteiger charge is 2.28. The van der Waals surface area contributed by atoms with Crippen molar-refractivity contribution < 1.29 is 14.7 Å². The second kappa shape index (κ2) is 4.31.